The highest BCUT2D eigenvalue weighted by molar-refractivity contribution is 6.58. The number of ether oxygens (including phenoxy) is 1. The predicted molar refractivity (Wildman–Crippen MR) is 198 cm³/mol. The SMILES string of the molecule is CCOc1cc(C2C3=CCC4C(=O)N(c5ccc(-c6nc7ccccc7o6)cc5)C(=O)C4C3CC3(Cl)C(=O)N(c4c(F)c(F)c(F)c(F)c4F)C(=O)C23Cl)ccc1O. The number of oxazole rings is 1. The number of anilines is 2. The van der Waals surface area contributed by atoms with Crippen molar-refractivity contribution in [3.8, 4) is 23.0 Å². The summed E-state index contributed by atoms with van der Waals surface area (Å²) in [6, 6.07) is 17.3. The Morgan fingerprint density at radius 1 is 0.845 bits per heavy atom. The number of amides is 4. The van der Waals surface area contributed by atoms with Crippen molar-refractivity contribution in [3.05, 3.63) is 113 Å². The quantitative estimate of drug-likeness (QED) is 0.0454. The summed E-state index contributed by atoms with van der Waals surface area (Å²) in [5.41, 5.74) is 0.393. The van der Waals surface area contributed by atoms with Crippen LogP contribution in [0.4, 0.5) is 33.3 Å². The van der Waals surface area contributed by atoms with Gasteiger partial charge in [0, 0.05) is 11.5 Å². The second-order valence-corrected chi connectivity index (χ2v) is 15.6. The lowest BCUT2D eigenvalue weighted by Crippen LogP contribution is -2.60. The molecule has 17 heteroatoms. The Labute approximate surface area is 334 Å². The maximum atomic E-state index is 15.4. The molecular formula is C41H26Cl2F5N3O7. The van der Waals surface area contributed by atoms with Gasteiger partial charge in [0.25, 0.3) is 11.8 Å². The molecule has 9 rings (SSSR count). The molecule has 5 aromatic rings. The topological polar surface area (TPSA) is 130 Å². The number of hydrogen-bond acceptors (Lipinski definition) is 8. The van der Waals surface area contributed by atoms with Gasteiger partial charge >= 0.3 is 0 Å². The van der Waals surface area contributed by atoms with E-state index in [0.29, 0.717) is 22.6 Å². The van der Waals surface area contributed by atoms with Crippen molar-refractivity contribution in [1.29, 1.82) is 0 Å². The molecule has 2 aliphatic heterocycles. The van der Waals surface area contributed by atoms with E-state index in [0.717, 1.165) is 4.90 Å². The van der Waals surface area contributed by atoms with Crippen LogP contribution in [0.25, 0.3) is 22.6 Å². The van der Waals surface area contributed by atoms with E-state index >= 15 is 8.78 Å². The molecule has 3 fully saturated rings. The highest BCUT2D eigenvalue weighted by Gasteiger charge is 2.77. The molecular weight excluding hydrogens is 812 g/mol. The zero-order valence-corrected chi connectivity index (χ0v) is 31.3. The Hall–Kier alpha value is -5.80. The monoisotopic (exact) mass is 837 g/mol. The first-order valence-electron chi connectivity index (χ1n) is 17.9. The van der Waals surface area contributed by atoms with E-state index in [4.69, 9.17) is 32.4 Å². The van der Waals surface area contributed by atoms with Crippen LogP contribution in [-0.2, 0) is 19.2 Å². The van der Waals surface area contributed by atoms with E-state index in [9.17, 15) is 37.5 Å². The number of imide groups is 2. The van der Waals surface area contributed by atoms with Crippen LogP contribution in [0.1, 0.15) is 31.2 Å². The zero-order chi connectivity index (χ0) is 41.2. The van der Waals surface area contributed by atoms with Gasteiger partial charge < -0.3 is 14.3 Å². The molecule has 6 unspecified atom stereocenters. The molecule has 2 saturated heterocycles. The van der Waals surface area contributed by atoms with Gasteiger partial charge in [-0.1, -0.05) is 29.8 Å². The van der Waals surface area contributed by atoms with Crippen LogP contribution >= 0.6 is 23.2 Å². The lowest BCUT2D eigenvalue weighted by molar-refractivity contribution is -0.125. The summed E-state index contributed by atoms with van der Waals surface area (Å²) in [7, 11) is 0. The standard InChI is InChI=1S/C41H26Cl2F5N3O7/c1-2-57-26-15-18(9-14-24(26)52)28-20-12-13-21-27(37(54)50(36(21)53)19-10-7-17(8-11-19)35-49-23-5-3-4-6-25(23)58-35)22(20)16-40(42)38(55)51(39(56)41(28,40)43)34-32(47)30(45)29(44)31(46)33(34)48/h3-12,14-15,21-22,27-28,52H,2,13,16H2,1H3. The van der Waals surface area contributed by atoms with E-state index in [2.05, 4.69) is 4.98 Å². The minimum absolute atomic E-state index is 0.0583. The van der Waals surface area contributed by atoms with Gasteiger partial charge in [0.2, 0.25) is 23.5 Å². The molecule has 4 aromatic carbocycles. The Morgan fingerprint density at radius 2 is 1.52 bits per heavy atom. The van der Waals surface area contributed by atoms with Crippen molar-refractivity contribution in [2.24, 2.45) is 17.8 Å². The normalized spacial score (nSPS) is 26.6. The molecule has 4 aliphatic rings. The molecule has 1 saturated carbocycles. The molecule has 10 nitrogen and oxygen atoms in total. The van der Waals surface area contributed by atoms with Gasteiger partial charge in [-0.2, -0.15) is 0 Å². The number of benzene rings is 4. The van der Waals surface area contributed by atoms with Gasteiger partial charge in [0.15, 0.2) is 50.1 Å². The number of rotatable bonds is 6. The van der Waals surface area contributed by atoms with Crippen LogP contribution < -0.4 is 14.5 Å². The number of aromatic hydroxyl groups is 1. The number of fused-ring (bicyclic) bond motifs is 5. The number of aromatic nitrogens is 1. The molecule has 2 aliphatic carbocycles. The third kappa shape index (κ3) is 4.98. The maximum Gasteiger partial charge on any atom is 0.258 e. The van der Waals surface area contributed by atoms with Crippen molar-refractivity contribution in [2.45, 2.75) is 35.4 Å². The fraction of sp³-hybridized carbons (Fsp3) is 0.244. The smallest absolute Gasteiger partial charge is 0.258 e. The third-order valence-electron chi connectivity index (χ3n) is 11.5. The summed E-state index contributed by atoms with van der Waals surface area (Å²) in [5.74, 6) is -21.8. The number of hydrogen-bond donors (Lipinski definition) is 1. The molecule has 6 atom stereocenters. The Balaban J connectivity index is 1.15. The van der Waals surface area contributed by atoms with E-state index in [1.807, 2.05) is 6.07 Å². The number of nitrogens with zero attached hydrogens (tertiary/aromatic N) is 3. The van der Waals surface area contributed by atoms with Gasteiger partial charge in [-0.25, -0.2) is 31.8 Å². The average molecular weight is 839 g/mol. The number of halogens is 7. The number of alkyl halides is 2. The molecule has 58 heavy (non-hydrogen) atoms. The minimum atomic E-state index is -2.73. The largest absolute Gasteiger partial charge is 0.504 e. The number of allylic oxidation sites excluding steroid dienone is 2. The van der Waals surface area contributed by atoms with Gasteiger partial charge in [0.1, 0.15) is 11.2 Å². The summed E-state index contributed by atoms with van der Waals surface area (Å²) in [6.07, 6.45) is 0.850. The van der Waals surface area contributed by atoms with Crippen molar-refractivity contribution in [2.75, 3.05) is 16.4 Å². The van der Waals surface area contributed by atoms with Crippen molar-refractivity contribution < 1.29 is 55.4 Å². The van der Waals surface area contributed by atoms with E-state index in [-0.39, 0.29) is 46.3 Å². The van der Waals surface area contributed by atoms with Gasteiger partial charge in [-0.05, 0) is 79.8 Å². The summed E-state index contributed by atoms with van der Waals surface area (Å²) in [6.45, 7) is 1.69. The van der Waals surface area contributed by atoms with E-state index in [1.165, 1.54) is 30.3 Å². The summed E-state index contributed by atoms with van der Waals surface area (Å²) < 4.78 is 85.4. The molecule has 0 radical (unpaired) electrons. The fourth-order valence-corrected chi connectivity index (χ4v) is 9.86. The van der Waals surface area contributed by atoms with Crippen LogP contribution in [0.15, 0.2) is 82.8 Å². The first-order chi connectivity index (χ1) is 27.6. The maximum absolute atomic E-state index is 15.4. The van der Waals surface area contributed by atoms with Crippen LogP contribution in [0, 0.1) is 46.8 Å². The third-order valence-corrected chi connectivity index (χ3v) is 12.9. The second-order valence-electron chi connectivity index (χ2n) is 14.4. The van der Waals surface area contributed by atoms with Crippen molar-refractivity contribution in [3.63, 3.8) is 0 Å². The number of carbonyl (C=O) groups excluding carboxylic acids is 4. The second kappa shape index (κ2) is 13.1. The first-order valence-corrected chi connectivity index (χ1v) is 18.7. The highest BCUT2D eigenvalue weighted by Crippen LogP contribution is 2.66. The number of phenolic OH excluding ortho intramolecular Hbond substituents is 1. The Morgan fingerprint density at radius 3 is 2.19 bits per heavy atom. The van der Waals surface area contributed by atoms with Gasteiger partial charge in [0.05, 0.1) is 24.1 Å². The Bertz CT molecular complexity index is 2630. The van der Waals surface area contributed by atoms with Crippen LogP contribution in [-0.4, -0.2) is 50.1 Å². The molecule has 4 amide bonds. The van der Waals surface area contributed by atoms with E-state index < -0.39 is 98.2 Å². The minimum Gasteiger partial charge on any atom is -0.504 e. The molecule has 0 spiro atoms. The molecule has 296 valence electrons. The van der Waals surface area contributed by atoms with Crippen LogP contribution in [0.3, 0.4) is 0 Å². The van der Waals surface area contributed by atoms with Crippen LogP contribution in [0.2, 0.25) is 0 Å². The van der Waals surface area contributed by atoms with Crippen LogP contribution in [0.5, 0.6) is 11.5 Å². The molecule has 1 aromatic heterocycles. The van der Waals surface area contributed by atoms with E-state index in [1.54, 1.807) is 43.3 Å². The molecule has 1 N–H and O–H groups in total. The van der Waals surface area contributed by atoms with Crippen molar-refractivity contribution in [1.82, 2.24) is 4.98 Å². The first kappa shape index (κ1) is 37.8. The number of carbonyl (C=O) groups is 4. The Kier molecular flexibility index (Phi) is 8.54. The number of phenols is 1. The number of para-hydroxylation sites is 2. The highest BCUT2D eigenvalue weighted by atomic mass is 35.5. The zero-order valence-electron chi connectivity index (χ0n) is 29.7. The lowest BCUT2D eigenvalue weighted by Gasteiger charge is -2.50. The predicted octanol–water partition coefficient (Wildman–Crippen LogP) is 8.06. The summed E-state index contributed by atoms with van der Waals surface area (Å²) in [4.78, 5) is 57.5. The lowest BCUT2D eigenvalue weighted by atomic mass is 9.56. The van der Waals surface area contributed by atoms with Gasteiger partial charge in [-0.3, -0.25) is 24.1 Å². The fourth-order valence-electron chi connectivity index (χ4n) is 8.93. The van der Waals surface area contributed by atoms with Crippen molar-refractivity contribution >= 4 is 69.3 Å². The summed E-state index contributed by atoms with van der Waals surface area (Å²) in [5, 5.41) is 10.5. The molecule has 3 heterocycles. The molecule has 0 bridgehead atoms. The van der Waals surface area contributed by atoms with Gasteiger partial charge in [-0.15, -0.1) is 23.2 Å². The summed E-state index contributed by atoms with van der Waals surface area (Å²) >= 11 is 14.4. The average Bonchev–Trinajstić information content (AvgIpc) is 3.81.